The van der Waals surface area contributed by atoms with Crippen LogP contribution in [0.25, 0.3) is 0 Å². The molecule has 0 amide bonds. The number of hydrogen-bond donors (Lipinski definition) is 0. The Balaban J connectivity index is 3.13. The Morgan fingerprint density at radius 1 is 1.28 bits per heavy atom. The molecule has 0 aliphatic carbocycles. The lowest BCUT2D eigenvalue weighted by Crippen LogP contribution is -2.39. The number of halogens is 4. The Labute approximate surface area is 99.4 Å². The van der Waals surface area contributed by atoms with Crippen LogP contribution in [0.15, 0.2) is 18.2 Å². The highest BCUT2D eigenvalue weighted by atomic mass is 19.3. The monoisotopic (exact) mass is 264 g/mol. The summed E-state index contributed by atoms with van der Waals surface area (Å²) in [5.74, 6) is -11.2. The van der Waals surface area contributed by atoms with Gasteiger partial charge in [0.2, 0.25) is 5.78 Å². The van der Waals surface area contributed by atoms with Crippen molar-refractivity contribution in [2.75, 3.05) is 6.61 Å². The van der Waals surface area contributed by atoms with Gasteiger partial charge in [0.25, 0.3) is 0 Å². The first-order valence-electron chi connectivity index (χ1n) is 4.85. The quantitative estimate of drug-likeness (QED) is 0.363. The first-order chi connectivity index (χ1) is 8.30. The molecular weight excluding hydrogens is 256 g/mol. The van der Waals surface area contributed by atoms with Crippen molar-refractivity contribution in [3.63, 3.8) is 0 Å². The van der Waals surface area contributed by atoms with E-state index in [1.165, 1.54) is 6.92 Å². The number of carbonyl (C=O) groups is 2. The van der Waals surface area contributed by atoms with Gasteiger partial charge in [0.1, 0.15) is 11.6 Å². The molecule has 0 aliphatic rings. The summed E-state index contributed by atoms with van der Waals surface area (Å²) in [5, 5.41) is 0. The maximum Gasteiger partial charge on any atom is 0.404 e. The molecule has 0 radical (unpaired) electrons. The number of benzene rings is 1. The number of ketones is 1. The third kappa shape index (κ3) is 2.66. The summed E-state index contributed by atoms with van der Waals surface area (Å²) in [6, 6.07) is 1.48. The second-order valence-electron chi connectivity index (χ2n) is 3.25. The average Bonchev–Trinajstić information content (AvgIpc) is 2.31. The van der Waals surface area contributed by atoms with Gasteiger partial charge in [-0.2, -0.15) is 8.78 Å². The zero-order chi connectivity index (χ0) is 13.9. The van der Waals surface area contributed by atoms with Crippen molar-refractivity contribution in [1.29, 1.82) is 0 Å². The molecule has 0 aromatic heterocycles. The SMILES string of the molecule is CCOC(=O)C(F)(F)C(=O)c1cc(F)ccc1F. The summed E-state index contributed by atoms with van der Waals surface area (Å²) in [5.41, 5.74) is -1.20. The summed E-state index contributed by atoms with van der Waals surface area (Å²) in [6.07, 6.45) is 0. The van der Waals surface area contributed by atoms with Crippen LogP contribution in [0, 0.1) is 11.6 Å². The maximum absolute atomic E-state index is 13.3. The van der Waals surface area contributed by atoms with Gasteiger partial charge in [0, 0.05) is 0 Å². The Bertz CT molecular complexity index is 485. The van der Waals surface area contributed by atoms with Gasteiger partial charge < -0.3 is 4.74 Å². The van der Waals surface area contributed by atoms with E-state index >= 15 is 0 Å². The van der Waals surface area contributed by atoms with E-state index in [9.17, 15) is 27.2 Å². The number of esters is 1. The van der Waals surface area contributed by atoms with E-state index < -0.39 is 34.9 Å². The van der Waals surface area contributed by atoms with E-state index in [0.29, 0.717) is 18.2 Å². The number of rotatable bonds is 4. The van der Waals surface area contributed by atoms with Crippen LogP contribution in [0.1, 0.15) is 17.3 Å². The molecule has 0 bridgehead atoms. The van der Waals surface area contributed by atoms with Crippen LogP contribution < -0.4 is 0 Å². The lowest BCUT2D eigenvalue weighted by Gasteiger charge is -2.13. The number of hydrogen-bond acceptors (Lipinski definition) is 3. The second-order valence-corrected chi connectivity index (χ2v) is 3.25. The minimum Gasteiger partial charge on any atom is -0.461 e. The first kappa shape index (κ1) is 14.1. The van der Waals surface area contributed by atoms with Crippen molar-refractivity contribution in [2.45, 2.75) is 12.8 Å². The topological polar surface area (TPSA) is 43.4 Å². The van der Waals surface area contributed by atoms with Crippen LogP contribution in [0.2, 0.25) is 0 Å². The van der Waals surface area contributed by atoms with Crippen LogP contribution in [0.5, 0.6) is 0 Å². The summed E-state index contributed by atoms with van der Waals surface area (Å²) in [6.45, 7) is 0.897. The standard InChI is InChI=1S/C11H8F4O3/c1-2-18-10(17)11(14,15)9(16)7-5-6(12)3-4-8(7)13/h3-5H,2H2,1H3. The van der Waals surface area contributed by atoms with Crippen molar-refractivity contribution in [3.8, 4) is 0 Å². The Hall–Kier alpha value is -1.92. The van der Waals surface area contributed by atoms with Gasteiger partial charge >= 0.3 is 11.9 Å². The van der Waals surface area contributed by atoms with Crippen molar-refractivity contribution in [3.05, 3.63) is 35.4 Å². The lowest BCUT2D eigenvalue weighted by atomic mass is 10.0. The van der Waals surface area contributed by atoms with Gasteiger partial charge in [0.05, 0.1) is 12.2 Å². The second kappa shape index (κ2) is 5.16. The van der Waals surface area contributed by atoms with Crippen LogP contribution in [0.4, 0.5) is 17.6 Å². The smallest absolute Gasteiger partial charge is 0.404 e. The van der Waals surface area contributed by atoms with Crippen LogP contribution >= 0.6 is 0 Å². The largest absolute Gasteiger partial charge is 0.461 e. The summed E-state index contributed by atoms with van der Waals surface area (Å²) >= 11 is 0. The minimum atomic E-state index is -4.55. The van der Waals surface area contributed by atoms with Gasteiger partial charge in [-0.15, -0.1) is 0 Å². The van der Waals surface area contributed by atoms with E-state index in [4.69, 9.17) is 0 Å². The molecule has 1 aromatic carbocycles. The lowest BCUT2D eigenvalue weighted by molar-refractivity contribution is -0.164. The predicted molar refractivity (Wildman–Crippen MR) is 52.3 cm³/mol. The van der Waals surface area contributed by atoms with Crippen LogP contribution in [0.3, 0.4) is 0 Å². The normalized spacial score (nSPS) is 11.2. The molecule has 0 saturated heterocycles. The third-order valence-electron chi connectivity index (χ3n) is 1.99. The fourth-order valence-electron chi connectivity index (χ4n) is 1.16. The Kier molecular flexibility index (Phi) is 4.05. The highest BCUT2D eigenvalue weighted by Crippen LogP contribution is 2.24. The average molecular weight is 264 g/mol. The maximum atomic E-state index is 13.3. The molecule has 7 heteroatoms. The first-order valence-corrected chi connectivity index (χ1v) is 4.85. The van der Waals surface area contributed by atoms with Crippen LogP contribution in [-0.2, 0) is 9.53 Å². The van der Waals surface area contributed by atoms with Crippen LogP contribution in [-0.4, -0.2) is 24.3 Å². The van der Waals surface area contributed by atoms with Gasteiger partial charge in [-0.05, 0) is 25.1 Å². The summed E-state index contributed by atoms with van der Waals surface area (Å²) in [7, 11) is 0. The van der Waals surface area contributed by atoms with Crippen molar-refractivity contribution in [1.82, 2.24) is 0 Å². The molecule has 0 heterocycles. The highest BCUT2D eigenvalue weighted by Gasteiger charge is 2.50. The Morgan fingerprint density at radius 2 is 1.89 bits per heavy atom. The molecule has 0 N–H and O–H groups in total. The van der Waals surface area contributed by atoms with Gasteiger partial charge in [-0.25, -0.2) is 13.6 Å². The fourth-order valence-corrected chi connectivity index (χ4v) is 1.16. The molecule has 1 aromatic rings. The van der Waals surface area contributed by atoms with E-state index in [2.05, 4.69) is 4.74 Å². The zero-order valence-electron chi connectivity index (χ0n) is 9.18. The van der Waals surface area contributed by atoms with Crippen molar-refractivity contribution in [2.24, 2.45) is 0 Å². The summed E-state index contributed by atoms with van der Waals surface area (Å²) in [4.78, 5) is 22.2. The van der Waals surface area contributed by atoms with Crippen molar-refractivity contribution >= 4 is 11.8 Å². The molecule has 98 valence electrons. The van der Waals surface area contributed by atoms with Gasteiger partial charge in [-0.1, -0.05) is 0 Å². The number of ether oxygens (including phenoxy) is 1. The number of alkyl halides is 2. The Morgan fingerprint density at radius 3 is 2.44 bits per heavy atom. The van der Waals surface area contributed by atoms with E-state index in [1.807, 2.05) is 0 Å². The molecular formula is C11H8F4O3. The molecule has 1 rings (SSSR count). The van der Waals surface area contributed by atoms with Gasteiger partial charge in [0.15, 0.2) is 0 Å². The molecule has 18 heavy (non-hydrogen) atoms. The molecule has 3 nitrogen and oxygen atoms in total. The number of Topliss-reactive ketones (excluding diaryl/α,β-unsaturated/α-hetero) is 1. The third-order valence-corrected chi connectivity index (χ3v) is 1.99. The fraction of sp³-hybridized carbons (Fsp3) is 0.273. The minimum absolute atomic E-state index is 0.296. The molecule has 0 aliphatic heterocycles. The molecule has 0 fully saturated rings. The zero-order valence-corrected chi connectivity index (χ0v) is 9.18. The van der Waals surface area contributed by atoms with Crippen molar-refractivity contribution < 1.29 is 31.9 Å². The predicted octanol–water partition coefficient (Wildman–Crippen LogP) is 2.35. The van der Waals surface area contributed by atoms with E-state index in [-0.39, 0.29) is 6.61 Å². The molecule has 0 unspecified atom stereocenters. The van der Waals surface area contributed by atoms with Gasteiger partial charge in [-0.3, -0.25) is 4.79 Å². The number of carbonyl (C=O) groups excluding carboxylic acids is 2. The molecule has 0 saturated carbocycles. The molecule has 0 spiro atoms. The van der Waals surface area contributed by atoms with E-state index in [0.717, 1.165) is 0 Å². The van der Waals surface area contributed by atoms with E-state index in [1.54, 1.807) is 0 Å². The summed E-state index contributed by atoms with van der Waals surface area (Å²) < 4.78 is 56.4. The highest BCUT2D eigenvalue weighted by molar-refractivity contribution is 6.13. The molecule has 0 atom stereocenters.